The van der Waals surface area contributed by atoms with Gasteiger partial charge < -0.3 is 15.5 Å². The summed E-state index contributed by atoms with van der Waals surface area (Å²) < 4.78 is 20.6. The molecule has 4 rings (SSSR count). The zero-order chi connectivity index (χ0) is 22.1. The lowest BCUT2D eigenvalue weighted by molar-refractivity contribution is -0.136. The molecule has 7 heteroatoms. The smallest absolute Gasteiger partial charge is 0.284 e. The number of oxazole rings is 1. The first-order valence-corrected chi connectivity index (χ1v) is 10.2. The van der Waals surface area contributed by atoms with Crippen molar-refractivity contribution in [3.8, 4) is 22.6 Å². The number of halogens is 1. The van der Waals surface area contributed by atoms with Crippen LogP contribution in [0, 0.1) is 19.7 Å². The predicted molar refractivity (Wildman–Crippen MR) is 115 cm³/mol. The van der Waals surface area contributed by atoms with Gasteiger partial charge in [0.05, 0.1) is 5.69 Å². The lowest BCUT2D eigenvalue weighted by atomic mass is 9.92. The Hall–Kier alpha value is -3.32. The number of carbonyl (C=O) groups is 2. The second-order valence-corrected chi connectivity index (χ2v) is 8.01. The first-order chi connectivity index (χ1) is 14.8. The van der Waals surface area contributed by atoms with Gasteiger partial charge in [0.2, 0.25) is 11.7 Å². The molecule has 1 saturated heterocycles. The van der Waals surface area contributed by atoms with Gasteiger partial charge in [-0.3, -0.25) is 9.59 Å². The van der Waals surface area contributed by atoms with E-state index >= 15 is 0 Å². The summed E-state index contributed by atoms with van der Waals surface area (Å²) in [5.74, 6) is -0.394. The standard InChI is InChI=1S/C24H24FN3O3/c1-13-14(2)31-24(28-13)16-5-3-15(4-6-16)20-8-7-17(10-21(20)25)18-9-19(27-12-18)11-22(29)23(26)30/h3-8,10,18-19,27H,9,11-12H2,1-2H3,(H2,26,30)/t18-,19?/m1/s1. The number of hydrogen-bond donors (Lipinski definition) is 2. The average molecular weight is 421 g/mol. The van der Waals surface area contributed by atoms with E-state index in [1.54, 1.807) is 12.1 Å². The lowest BCUT2D eigenvalue weighted by Gasteiger charge is -2.12. The summed E-state index contributed by atoms with van der Waals surface area (Å²) in [6.07, 6.45) is 0.726. The van der Waals surface area contributed by atoms with Gasteiger partial charge >= 0.3 is 0 Å². The van der Waals surface area contributed by atoms with E-state index in [0.29, 0.717) is 24.4 Å². The van der Waals surface area contributed by atoms with Gasteiger partial charge in [-0.25, -0.2) is 9.37 Å². The zero-order valence-electron chi connectivity index (χ0n) is 17.4. The van der Waals surface area contributed by atoms with Crippen LogP contribution < -0.4 is 11.1 Å². The molecule has 0 radical (unpaired) electrons. The van der Waals surface area contributed by atoms with Gasteiger partial charge in [-0.05, 0) is 55.5 Å². The number of hydrogen-bond acceptors (Lipinski definition) is 5. The number of Topliss-reactive ketones (excluding diaryl/α,β-unsaturated/α-hetero) is 1. The summed E-state index contributed by atoms with van der Waals surface area (Å²) in [6, 6.07) is 12.6. The summed E-state index contributed by atoms with van der Waals surface area (Å²) in [7, 11) is 0. The third-order valence-corrected chi connectivity index (χ3v) is 5.86. The highest BCUT2D eigenvalue weighted by Gasteiger charge is 2.28. The monoisotopic (exact) mass is 421 g/mol. The maximum Gasteiger partial charge on any atom is 0.284 e. The number of aromatic nitrogens is 1. The summed E-state index contributed by atoms with van der Waals surface area (Å²) in [4.78, 5) is 26.9. The van der Waals surface area contributed by atoms with Gasteiger partial charge in [-0.2, -0.15) is 0 Å². The molecule has 2 aromatic carbocycles. The van der Waals surface area contributed by atoms with Crippen molar-refractivity contribution in [3.05, 3.63) is 65.3 Å². The number of rotatable bonds is 6. The SMILES string of the molecule is Cc1nc(-c2ccc(-c3ccc([C@H]4CNC(CC(=O)C(N)=O)C4)cc3F)cc2)oc1C. The van der Waals surface area contributed by atoms with E-state index in [2.05, 4.69) is 10.3 Å². The van der Waals surface area contributed by atoms with Crippen LogP contribution in [-0.4, -0.2) is 29.3 Å². The van der Waals surface area contributed by atoms with E-state index in [0.717, 1.165) is 28.1 Å². The van der Waals surface area contributed by atoms with Gasteiger partial charge in [0, 0.05) is 30.1 Å². The molecular formula is C24H24FN3O3. The Morgan fingerprint density at radius 1 is 1.16 bits per heavy atom. The Labute approximate surface area is 179 Å². The van der Waals surface area contributed by atoms with Crippen molar-refractivity contribution in [2.75, 3.05) is 6.54 Å². The molecule has 160 valence electrons. The van der Waals surface area contributed by atoms with E-state index in [4.69, 9.17) is 10.2 Å². The molecule has 2 atom stereocenters. The van der Waals surface area contributed by atoms with Crippen molar-refractivity contribution >= 4 is 11.7 Å². The number of amides is 1. The van der Waals surface area contributed by atoms with E-state index in [1.165, 1.54) is 0 Å². The largest absolute Gasteiger partial charge is 0.441 e. The molecule has 2 heterocycles. The van der Waals surface area contributed by atoms with Gasteiger partial charge in [-0.15, -0.1) is 0 Å². The first-order valence-electron chi connectivity index (χ1n) is 10.2. The minimum absolute atomic E-state index is 0.0717. The molecule has 1 fully saturated rings. The molecule has 1 aromatic heterocycles. The number of carbonyl (C=O) groups excluding carboxylic acids is 2. The lowest BCUT2D eigenvalue weighted by Crippen LogP contribution is -2.31. The van der Waals surface area contributed by atoms with Gasteiger partial charge in [0.25, 0.3) is 5.91 Å². The fourth-order valence-corrected chi connectivity index (χ4v) is 3.96. The van der Waals surface area contributed by atoms with Crippen LogP contribution >= 0.6 is 0 Å². The van der Waals surface area contributed by atoms with E-state index < -0.39 is 11.7 Å². The molecule has 3 aromatic rings. The fourth-order valence-electron chi connectivity index (χ4n) is 3.96. The van der Waals surface area contributed by atoms with Crippen molar-refractivity contribution in [1.29, 1.82) is 0 Å². The molecule has 31 heavy (non-hydrogen) atoms. The molecule has 1 aliphatic rings. The van der Waals surface area contributed by atoms with E-state index in [1.807, 2.05) is 44.2 Å². The van der Waals surface area contributed by atoms with Crippen molar-refractivity contribution in [2.45, 2.75) is 38.6 Å². The highest BCUT2D eigenvalue weighted by Crippen LogP contribution is 2.32. The van der Waals surface area contributed by atoms with Crippen LogP contribution in [0.5, 0.6) is 0 Å². The molecule has 0 saturated carbocycles. The molecule has 1 amide bonds. The number of benzene rings is 2. The number of ketones is 1. The van der Waals surface area contributed by atoms with Crippen LogP contribution in [0.1, 0.15) is 35.8 Å². The molecule has 1 aliphatic heterocycles. The van der Waals surface area contributed by atoms with Crippen molar-refractivity contribution < 1.29 is 18.4 Å². The van der Waals surface area contributed by atoms with Crippen LogP contribution in [0.4, 0.5) is 4.39 Å². The molecule has 6 nitrogen and oxygen atoms in total. The number of nitrogens with two attached hydrogens (primary N) is 1. The highest BCUT2D eigenvalue weighted by atomic mass is 19.1. The maximum absolute atomic E-state index is 14.9. The molecular weight excluding hydrogens is 397 g/mol. The second-order valence-electron chi connectivity index (χ2n) is 8.01. The second kappa shape index (κ2) is 8.43. The third kappa shape index (κ3) is 4.41. The van der Waals surface area contributed by atoms with Crippen LogP contribution in [0.25, 0.3) is 22.6 Å². The Morgan fingerprint density at radius 3 is 2.48 bits per heavy atom. The minimum atomic E-state index is -0.917. The maximum atomic E-state index is 14.9. The Kier molecular flexibility index (Phi) is 5.69. The van der Waals surface area contributed by atoms with E-state index in [9.17, 15) is 14.0 Å². The molecule has 3 N–H and O–H groups in total. The minimum Gasteiger partial charge on any atom is -0.441 e. The number of nitrogens with zero attached hydrogens (tertiary/aromatic N) is 1. The number of primary amides is 1. The first kappa shape index (κ1) is 20.9. The van der Waals surface area contributed by atoms with Gasteiger partial charge in [0.1, 0.15) is 11.6 Å². The number of nitrogens with one attached hydrogen (secondary N) is 1. The zero-order valence-corrected chi connectivity index (χ0v) is 17.4. The summed E-state index contributed by atoms with van der Waals surface area (Å²) in [6.45, 7) is 4.39. The quantitative estimate of drug-likeness (QED) is 0.592. The molecule has 0 aliphatic carbocycles. The molecule has 0 spiro atoms. The van der Waals surface area contributed by atoms with Crippen molar-refractivity contribution in [1.82, 2.24) is 10.3 Å². The Morgan fingerprint density at radius 2 is 1.87 bits per heavy atom. The van der Waals surface area contributed by atoms with Gasteiger partial charge in [-0.1, -0.05) is 24.3 Å². The van der Waals surface area contributed by atoms with E-state index in [-0.39, 0.29) is 24.2 Å². The predicted octanol–water partition coefficient (Wildman–Crippen LogP) is 3.65. The number of aryl methyl sites for hydroxylation is 2. The van der Waals surface area contributed by atoms with Crippen LogP contribution in [-0.2, 0) is 9.59 Å². The molecule has 1 unspecified atom stereocenters. The third-order valence-electron chi connectivity index (χ3n) is 5.86. The van der Waals surface area contributed by atoms with Crippen LogP contribution in [0.3, 0.4) is 0 Å². The van der Waals surface area contributed by atoms with Crippen LogP contribution in [0.2, 0.25) is 0 Å². The molecule has 0 bridgehead atoms. The van der Waals surface area contributed by atoms with Crippen molar-refractivity contribution in [3.63, 3.8) is 0 Å². The van der Waals surface area contributed by atoms with Crippen LogP contribution in [0.15, 0.2) is 46.9 Å². The fraction of sp³-hybridized carbons (Fsp3) is 0.292. The Bertz CT molecular complexity index is 1120. The summed E-state index contributed by atoms with van der Waals surface area (Å²) in [5, 5.41) is 3.22. The summed E-state index contributed by atoms with van der Waals surface area (Å²) in [5.41, 5.74) is 8.86. The van der Waals surface area contributed by atoms with Crippen molar-refractivity contribution in [2.24, 2.45) is 5.73 Å². The normalized spacial score (nSPS) is 18.3. The highest BCUT2D eigenvalue weighted by molar-refractivity contribution is 6.35. The average Bonchev–Trinajstić information content (AvgIpc) is 3.34. The van der Waals surface area contributed by atoms with Gasteiger partial charge in [0.15, 0.2) is 0 Å². The topological polar surface area (TPSA) is 98.2 Å². The Balaban J connectivity index is 1.48. The summed E-state index contributed by atoms with van der Waals surface area (Å²) >= 11 is 0.